The lowest BCUT2D eigenvalue weighted by Gasteiger charge is -2.40. The molecule has 7 nitrogen and oxygen atoms in total. The number of piperidine rings is 1. The van der Waals surface area contributed by atoms with E-state index in [2.05, 4.69) is 21.1 Å². The highest BCUT2D eigenvalue weighted by Gasteiger charge is 2.35. The molecular formula is C17H30N4O3. The van der Waals surface area contributed by atoms with Crippen molar-refractivity contribution < 1.29 is 14.9 Å². The van der Waals surface area contributed by atoms with Crippen molar-refractivity contribution in [2.75, 3.05) is 39.9 Å². The number of nitrogens with zero attached hydrogens (tertiary/aromatic N) is 4. The van der Waals surface area contributed by atoms with Gasteiger partial charge in [0.05, 0.1) is 31.6 Å². The summed E-state index contributed by atoms with van der Waals surface area (Å²) >= 11 is 0. The predicted molar refractivity (Wildman–Crippen MR) is 90.5 cm³/mol. The van der Waals surface area contributed by atoms with Crippen molar-refractivity contribution in [3.05, 3.63) is 18.0 Å². The zero-order valence-corrected chi connectivity index (χ0v) is 14.7. The van der Waals surface area contributed by atoms with Gasteiger partial charge in [-0.3, -0.25) is 14.5 Å². The Balaban J connectivity index is 1.43. The fourth-order valence-electron chi connectivity index (χ4n) is 3.83. The van der Waals surface area contributed by atoms with Crippen LogP contribution in [0.4, 0.5) is 0 Å². The van der Waals surface area contributed by atoms with Crippen molar-refractivity contribution in [3.8, 4) is 0 Å². The third kappa shape index (κ3) is 4.34. The molecule has 2 aliphatic heterocycles. The van der Waals surface area contributed by atoms with Crippen LogP contribution in [-0.2, 0) is 18.3 Å². The summed E-state index contributed by atoms with van der Waals surface area (Å²) in [4.78, 5) is 4.64. The Morgan fingerprint density at radius 3 is 2.71 bits per heavy atom. The summed E-state index contributed by atoms with van der Waals surface area (Å²) in [7, 11) is 3.98. The number of rotatable bonds is 5. The second-order valence-electron chi connectivity index (χ2n) is 7.34. The zero-order chi connectivity index (χ0) is 17.1. The van der Waals surface area contributed by atoms with Crippen LogP contribution in [0.2, 0.25) is 0 Å². The number of aromatic nitrogens is 2. The van der Waals surface area contributed by atoms with E-state index < -0.39 is 12.2 Å². The average molecular weight is 338 g/mol. The van der Waals surface area contributed by atoms with Crippen molar-refractivity contribution in [2.24, 2.45) is 13.0 Å². The maximum absolute atomic E-state index is 10.2. The fraction of sp³-hybridized carbons (Fsp3) is 0.824. The van der Waals surface area contributed by atoms with E-state index in [1.54, 1.807) is 0 Å². The average Bonchev–Trinajstić information content (AvgIpc) is 2.97. The highest BCUT2D eigenvalue weighted by molar-refractivity contribution is 5.03. The van der Waals surface area contributed by atoms with Gasteiger partial charge in [-0.15, -0.1) is 0 Å². The first kappa shape index (κ1) is 17.8. The van der Waals surface area contributed by atoms with Crippen LogP contribution in [-0.4, -0.2) is 87.9 Å². The summed E-state index contributed by atoms with van der Waals surface area (Å²) < 4.78 is 7.24. The third-order valence-electron chi connectivity index (χ3n) is 5.35. The zero-order valence-electron chi connectivity index (χ0n) is 14.7. The second-order valence-corrected chi connectivity index (χ2v) is 7.34. The Hall–Kier alpha value is -0.990. The van der Waals surface area contributed by atoms with Crippen LogP contribution in [0.3, 0.4) is 0 Å². The molecule has 2 aliphatic rings. The highest BCUT2D eigenvalue weighted by Crippen LogP contribution is 2.22. The van der Waals surface area contributed by atoms with Gasteiger partial charge >= 0.3 is 0 Å². The van der Waals surface area contributed by atoms with E-state index in [0.29, 0.717) is 12.5 Å². The molecule has 0 radical (unpaired) electrons. The normalized spacial score (nSPS) is 30.1. The lowest BCUT2D eigenvalue weighted by molar-refractivity contribution is -0.130. The Morgan fingerprint density at radius 1 is 1.29 bits per heavy atom. The van der Waals surface area contributed by atoms with Gasteiger partial charge < -0.3 is 14.9 Å². The van der Waals surface area contributed by atoms with Crippen LogP contribution in [0.15, 0.2) is 12.4 Å². The molecular weight excluding hydrogens is 308 g/mol. The number of hydrogen-bond donors (Lipinski definition) is 2. The fourth-order valence-corrected chi connectivity index (χ4v) is 3.83. The topological polar surface area (TPSA) is 74.0 Å². The smallest absolute Gasteiger partial charge is 0.105 e. The van der Waals surface area contributed by atoms with E-state index in [1.807, 2.05) is 25.0 Å². The molecule has 2 saturated heterocycles. The van der Waals surface area contributed by atoms with E-state index in [-0.39, 0.29) is 12.6 Å². The van der Waals surface area contributed by atoms with Gasteiger partial charge in [-0.25, -0.2) is 0 Å². The predicted octanol–water partition coefficient (Wildman–Crippen LogP) is -0.315. The summed E-state index contributed by atoms with van der Waals surface area (Å²) in [6.45, 7) is 4.84. The van der Waals surface area contributed by atoms with Gasteiger partial charge in [0.1, 0.15) is 6.10 Å². The number of hydrogen-bond acceptors (Lipinski definition) is 6. The summed E-state index contributed by atoms with van der Waals surface area (Å²) in [6, 6.07) is -0.109. The highest BCUT2D eigenvalue weighted by atomic mass is 16.5. The van der Waals surface area contributed by atoms with E-state index in [9.17, 15) is 10.2 Å². The van der Waals surface area contributed by atoms with Crippen LogP contribution in [0.1, 0.15) is 18.4 Å². The second kappa shape index (κ2) is 7.93. The van der Waals surface area contributed by atoms with Gasteiger partial charge in [-0.05, 0) is 38.9 Å². The molecule has 2 fully saturated rings. The minimum atomic E-state index is -0.771. The Morgan fingerprint density at radius 2 is 2.04 bits per heavy atom. The molecule has 24 heavy (non-hydrogen) atoms. The third-order valence-corrected chi connectivity index (χ3v) is 5.35. The number of aryl methyl sites for hydroxylation is 1. The van der Waals surface area contributed by atoms with Crippen LogP contribution >= 0.6 is 0 Å². The van der Waals surface area contributed by atoms with E-state index in [1.165, 1.54) is 5.56 Å². The van der Waals surface area contributed by atoms with Crippen molar-refractivity contribution >= 4 is 0 Å². The first-order valence-corrected chi connectivity index (χ1v) is 8.87. The molecule has 0 unspecified atom stereocenters. The Kier molecular flexibility index (Phi) is 5.89. The minimum absolute atomic E-state index is 0.109. The molecule has 1 aromatic heterocycles. The van der Waals surface area contributed by atoms with Crippen molar-refractivity contribution in [1.29, 1.82) is 0 Å². The molecule has 3 rings (SSSR count). The van der Waals surface area contributed by atoms with Crippen LogP contribution in [0.25, 0.3) is 0 Å². The molecule has 0 saturated carbocycles. The quantitative estimate of drug-likeness (QED) is 0.767. The largest absolute Gasteiger partial charge is 0.389 e. The molecule has 7 heteroatoms. The van der Waals surface area contributed by atoms with Crippen molar-refractivity contribution in [3.63, 3.8) is 0 Å². The number of likely N-dealkylation sites (tertiary alicyclic amines) is 1. The van der Waals surface area contributed by atoms with E-state index >= 15 is 0 Å². The number of likely N-dealkylation sites (N-methyl/N-ethyl adjacent to an activating group) is 1. The van der Waals surface area contributed by atoms with Crippen LogP contribution < -0.4 is 0 Å². The summed E-state index contributed by atoms with van der Waals surface area (Å²) in [5, 5.41) is 24.2. The lowest BCUT2D eigenvalue weighted by Crippen LogP contribution is -2.56. The molecule has 1 aromatic rings. The monoisotopic (exact) mass is 338 g/mol. The van der Waals surface area contributed by atoms with E-state index in [4.69, 9.17) is 4.74 Å². The van der Waals surface area contributed by atoms with Crippen molar-refractivity contribution in [2.45, 2.75) is 37.6 Å². The molecule has 0 aliphatic carbocycles. The van der Waals surface area contributed by atoms with Crippen LogP contribution in [0.5, 0.6) is 0 Å². The van der Waals surface area contributed by atoms with Gasteiger partial charge in [-0.2, -0.15) is 5.10 Å². The molecule has 136 valence electrons. The summed E-state index contributed by atoms with van der Waals surface area (Å²) in [5.74, 6) is 0.631. The number of aliphatic hydroxyl groups is 2. The Bertz CT molecular complexity index is 516. The van der Waals surface area contributed by atoms with Crippen molar-refractivity contribution in [1.82, 2.24) is 19.6 Å². The van der Waals surface area contributed by atoms with Gasteiger partial charge in [0.15, 0.2) is 0 Å². The molecule has 0 spiro atoms. The molecule has 3 heterocycles. The van der Waals surface area contributed by atoms with Gasteiger partial charge in [-0.1, -0.05) is 0 Å². The SMILES string of the molecule is CN(CC1CCN(Cc2cnn(C)c2)CC1)[C@@H]1COC[C@@H](O)[C@H]1O. The first-order chi connectivity index (χ1) is 11.5. The molecule has 0 bridgehead atoms. The Labute approximate surface area is 143 Å². The molecule has 0 aromatic carbocycles. The van der Waals surface area contributed by atoms with Gasteiger partial charge in [0.25, 0.3) is 0 Å². The molecule has 3 atom stereocenters. The maximum Gasteiger partial charge on any atom is 0.105 e. The summed E-state index contributed by atoms with van der Waals surface area (Å²) in [6.07, 6.45) is 4.86. The number of ether oxygens (including phenoxy) is 1. The molecule has 2 N–H and O–H groups in total. The lowest BCUT2D eigenvalue weighted by atomic mass is 9.94. The number of aliphatic hydroxyl groups excluding tert-OH is 2. The maximum atomic E-state index is 10.2. The first-order valence-electron chi connectivity index (χ1n) is 8.87. The summed E-state index contributed by atoms with van der Waals surface area (Å²) in [5.41, 5.74) is 1.27. The van der Waals surface area contributed by atoms with Crippen LogP contribution in [0, 0.1) is 5.92 Å². The molecule has 0 amide bonds. The minimum Gasteiger partial charge on any atom is -0.389 e. The van der Waals surface area contributed by atoms with E-state index in [0.717, 1.165) is 39.0 Å². The standard InChI is InChI=1S/C17H30N4O3/c1-19(15-11-24-12-16(22)17(15)23)8-13-3-5-21(6-4-13)10-14-7-18-20(2)9-14/h7,9,13,15-17,22-23H,3-6,8,10-12H2,1-2H3/t15-,16-,17+/m1/s1. The van der Waals surface area contributed by atoms with Gasteiger partial charge in [0.2, 0.25) is 0 Å². The van der Waals surface area contributed by atoms with Gasteiger partial charge in [0, 0.05) is 31.9 Å².